The van der Waals surface area contributed by atoms with Crippen molar-refractivity contribution in [2.75, 3.05) is 27.2 Å². The molecule has 1 atom stereocenters. The summed E-state index contributed by atoms with van der Waals surface area (Å²) in [6.07, 6.45) is 1.68. The molecule has 0 spiro atoms. The van der Waals surface area contributed by atoms with Crippen LogP contribution in [0, 0.1) is 5.92 Å². The van der Waals surface area contributed by atoms with E-state index < -0.39 is 0 Å². The molecule has 1 aromatic heterocycles. The van der Waals surface area contributed by atoms with Gasteiger partial charge in [-0.2, -0.15) is 5.10 Å². The Bertz CT molecular complexity index is 707. The minimum Gasteiger partial charge on any atom is -0.349 e. The van der Waals surface area contributed by atoms with E-state index in [1.54, 1.807) is 23.9 Å². The van der Waals surface area contributed by atoms with Crippen molar-refractivity contribution < 1.29 is 9.59 Å². The third kappa shape index (κ3) is 2.56. The number of benzene rings is 1. The van der Waals surface area contributed by atoms with Gasteiger partial charge in [-0.25, -0.2) is 0 Å². The van der Waals surface area contributed by atoms with Crippen LogP contribution in [0.3, 0.4) is 0 Å². The summed E-state index contributed by atoms with van der Waals surface area (Å²) in [5.41, 5.74) is 1.29. The van der Waals surface area contributed by atoms with Crippen LogP contribution in [0.5, 0.6) is 0 Å². The molecule has 1 fully saturated rings. The van der Waals surface area contributed by atoms with Gasteiger partial charge in [0.15, 0.2) is 5.69 Å². The topological polar surface area (TPSA) is 69.3 Å². The lowest BCUT2D eigenvalue weighted by Crippen LogP contribution is -2.45. The third-order valence-corrected chi connectivity index (χ3v) is 4.17. The first-order valence-electron chi connectivity index (χ1n) is 7.51. The average molecular weight is 300 g/mol. The van der Waals surface area contributed by atoms with Crippen LogP contribution >= 0.6 is 0 Å². The molecule has 22 heavy (non-hydrogen) atoms. The first-order chi connectivity index (χ1) is 10.6. The Balaban J connectivity index is 1.81. The summed E-state index contributed by atoms with van der Waals surface area (Å²) in [6.45, 7) is 1.15. The minimum atomic E-state index is -0.113. The predicted molar refractivity (Wildman–Crippen MR) is 83.4 cm³/mol. The summed E-state index contributed by atoms with van der Waals surface area (Å²) >= 11 is 0. The van der Waals surface area contributed by atoms with Crippen molar-refractivity contribution in [2.24, 2.45) is 5.92 Å². The van der Waals surface area contributed by atoms with E-state index in [0.29, 0.717) is 18.8 Å². The monoisotopic (exact) mass is 300 g/mol. The summed E-state index contributed by atoms with van der Waals surface area (Å²) in [6, 6.07) is 7.58. The molecule has 0 radical (unpaired) electrons. The molecule has 1 aromatic carbocycles. The highest BCUT2D eigenvalue weighted by Gasteiger charge is 2.31. The SMILES string of the molecule is CN(C)C(=O)C1CCCN(C(=O)c2n[nH]c3ccccc23)C1. The van der Waals surface area contributed by atoms with E-state index >= 15 is 0 Å². The lowest BCUT2D eigenvalue weighted by Gasteiger charge is -2.32. The maximum Gasteiger partial charge on any atom is 0.275 e. The van der Waals surface area contributed by atoms with Gasteiger partial charge in [0, 0.05) is 32.6 Å². The highest BCUT2D eigenvalue weighted by molar-refractivity contribution is 6.04. The van der Waals surface area contributed by atoms with Gasteiger partial charge in [-0.1, -0.05) is 18.2 Å². The van der Waals surface area contributed by atoms with E-state index in [1.165, 1.54) is 0 Å². The zero-order chi connectivity index (χ0) is 15.7. The van der Waals surface area contributed by atoms with Crippen molar-refractivity contribution in [3.63, 3.8) is 0 Å². The number of aromatic nitrogens is 2. The number of hydrogen-bond donors (Lipinski definition) is 1. The molecule has 6 nitrogen and oxygen atoms in total. The second-order valence-corrected chi connectivity index (χ2v) is 5.94. The molecule has 1 saturated heterocycles. The Morgan fingerprint density at radius 3 is 2.86 bits per heavy atom. The van der Waals surface area contributed by atoms with Crippen LogP contribution in [-0.4, -0.2) is 59.0 Å². The molecule has 2 heterocycles. The zero-order valence-corrected chi connectivity index (χ0v) is 12.9. The van der Waals surface area contributed by atoms with Crippen LogP contribution in [0.4, 0.5) is 0 Å². The molecule has 1 aliphatic rings. The predicted octanol–water partition coefficient (Wildman–Crippen LogP) is 1.50. The lowest BCUT2D eigenvalue weighted by atomic mass is 9.96. The number of fused-ring (bicyclic) bond motifs is 1. The number of carbonyl (C=O) groups excluding carboxylic acids is 2. The van der Waals surface area contributed by atoms with Gasteiger partial charge in [0.05, 0.1) is 11.4 Å². The molecule has 0 saturated carbocycles. The molecule has 2 amide bonds. The Morgan fingerprint density at radius 2 is 2.09 bits per heavy atom. The van der Waals surface area contributed by atoms with E-state index in [0.717, 1.165) is 23.7 Å². The van der Waals surface area contributed by atoms with E-state index in [9.17, 15) is 9.59 Å². The Morgan fingerprint density at radius 1 is 1.32 bits per heavy atom. The first kappa shape index (κ1) is 14.6. The second kappa shape index (κ2) is 5.79. The number of nitrogens with one attached hydrogen (secondary N) is 1. The summed E-state index contributed by atoms with van der Waals surface area (Å²) in [5, 5.41) is 7.88. The van der Waals surface area contributed by atoms with Gasteiger partial charge in [0.1, 0.15) is 0 Å². The highest BCUT2D eigenvalue weighted by Crippen LogP contribution is 2.22. The summed E-state index contributed by atoms with van der Waals surface area (Å²) < 4.78 is 0. The number of hydrogen-bond acceptors (Lipinski definition) is 3. The number of carbonyl (C=O) groups is 2. The second-order valence-electron chi connectivity index (χ2n) is 5.94. The Hall–Kier alpha value is -2.37. The Kier molecular flexibility index (Phi) is 3.83. The van der Waals surface area contributed by atoms with Crippen molar-refractivity contribution in [1.29, 1.82) is 0 Å². The van der Waals surface area contributed by atoms with Crippen molar-refractivity contribution in [1.82, 2.24) is 20.0 Å². The quantitative estimate of drug-likeness (QED) is 0.914. The van der Waals surface area contributed by atoms with Crippen molar-refractivity contribution in [3.8, 4) is 0 Å². The third-order valence-electron chi connectivity index (χ3n) is 4.17. The van der Waals surface area contributed by atoms with Gasteiger partial charge in [-0.15, -0.1) is 0 Å². The van der Waals surface area contributed by atoms with Gasteiger partial charge >= 0.3 is 0 Å². The molecule has 3 rings (SSSR count). The largest absolute Gasteiger partial charge is 0.349 e. The number of rotatable bonds is 2. The molecule has 1 unspecified atom stereocenters. The summed E-state index contributed by atoms with van der Waals surface area (Å²) in [7, 11) is 3.51. The van der Waals surface area contributed by atoms with Gasteiger partial charge in [0.25, 0.3) is 5.91 Å². The zero-order valence-electron chi connectivity index (χ0n) is 12.9. The number of likely N-dealkylation sites (tertiary alicyclic amines) is 1. The summed E-state index contributed by atoms with van der Waals surface area (Å²) in [4.78, 5) is 28.2. The number of piperidine rings is 1. The number of aromatic amines is 1. The normalized spacial score (nSPS) is 18.5. The fourth-order valence-corrected chi connectivity index (χ4v) is 3.00. The maximum absolute atomic E-state index is 12.7. The van der Waals surface area contributed by atoms with Crippen LogP contribution in [0.25, 0.3) is 10.9 Å². The average Bonchev–Trinajstić information content (AvgIpc) is 2.97. The smallest absolute Gasteiger partial charge is 0.275 e. The van der Waals surface area contributed by atoms with E-state index in [4.69, 9.17) is 0 Å². The van der Waals surface area contributed by atoms with Crippen LogP contribution in [0.2, 0.25) is 0 Å². The minimum absolute atomic E-state index is 0.0874. The van der Waals surface area contributed by atoms with Gasteiger partial charge in [0.2, 0.25) is 5.91 Å². The van der Waals surface area contributed by atoms with Gasteiger partial charge < -0.3 is 9.80 Å². The molecule has 1 N–H and O–H groups in total. The van der Waals surface area contributed by atoms with Crippen LogP contribution in [-0.2, 0) is 4.79 Å². The lowest BCUT2D eigenvalue weighted by molar-refractivity contribution is -0.134. The maximum atomic E-state index is 12.7. The molecule has 6 heteroatoms. The fraction of sp³-hybridized carbons (Fsp3) is 0.438. The van der Waals surface area contributed by atoms with E-state index in [-0.39, 0.29) is 17.7 Å². The van der Waals surface area contributed by atoms with Crippen molar-refractivity contribution in [3.05, 3.63) is 30.0 Å². The van der Waals surface area contributed by atoms with E-state index in [2.05, 4.69) is 10.2 Å². The van der Waals surface area contributed by atoms with Gasteiger partial charge in [-0.3, -0.25) is 14.7 Å². The first-order valence-corrected chi connectivity index (χ1v) is 7.51. The molecule has 1 aliphatic heterocycles. The van der Waals surface area contributed by atoms with Crippen molar-refractivity contribution in [2.45, 2.75) is 12.8 Å². The number of para-hydroxylation sites is 1. The molecule has 2 aromatic rings. The molecule has 0 aliphatic carbocycles. The fourth-order valence-electron chi connectivity index (χ4n) is 3.00. The molecule has 116 valence electrons. The molecular formula is C16H20N4O2. The molecule has 0 bridgehead atoms. The van der Waals surface area contributed by atoms with Crippen LogP contribution in [0.1, 0.15) is 23.3 Å². The highest BCUT2D eigenvalue weighted by atomic mass is 16.2. The van der Waals surface area contributed by atoms with E-state index in [1.807, 2.05) is 24.3 Å². The van der Waals surface area contributed by atoms with Crippen molar-refractivity contribution >= 4 is 22.7 Å². The Labute approximate surface area is 129 Å². The van der Waals surface area contributed by atoms with Crippen LogP contribution < -0.4 is 0 Å². The van der Waals surface area contributed by atoms with Gasteiger partial charge in [-0.05, 0) is 18.9 Å². The number of amides is 2. The number of H-pyrrole nitrogens is 1. The van der Waals surface area contributed by atoms with Crippen LogP contribution in [0.15, 0.2) is 24.3 Å². The summed E-state index contributed by atoms with van der Waals surface area (Å²) in [5.74, 6) is -0.129. The number of nitrogens with zero attached hydrogens (tertiary/aromatic N) is 3. The standard InChI is InChI=1S/C16H20N4O2/c1-19(2)15(21)11-6-5-9-20(10-11)16(22)14-12-7-3-4-8-13(12)17-18-14/h3-4,7-8,11H,5-6,9-10H2,1-2H3,(H,17,18). The molecular weight excluding hydrogens is 280 g/mol.